The molecule has 166 valence electrons. The van der Waals surface area contributed by atoms with Crippen molar-refractivity contribution in [3.63, 3.8) is 0 Å². The Hall–Kier alpha value is -3.71. The maximum Gasteiger partial charge on any atom is 0.244 e. The smallest absolute Gasteiger partial charge is 0.244 e. The van der Waals surface area contributed by atoms with Crippen molar-refractivity contribution >= 4 is 12.0 Å². The highest BCUT2D eigenvalue weighted by Gasteiger charge is 2.18. The van der Waals surface area contributed by atoms with Crippen LogP contribution in [-0.2, 0) is 4.79 Å². The Kier molecular flexibility index (Phi) is 7.94. The number of carbonyl (C=O) groups excluding carboxylic acids is 1. The summed E-state index contributed by atoms with van der Waals surface area (Å²) in [7, 11) is 5.51. The number of nitrogens with zero attached hydrogens (tertiary/aromatic N) is 2. The Balaban J connectivity index is 1.61. The normalized spacial score (nSPS) is 12.0. The maximum absolute atomic E-state index is 14.4. The Labute approximate surface area is 187 Å². The number of rotatable bonds is 9. The molecular formula is C25H26FN3O3. The molecule has 1 heterocycles. The van der Waals surface area contributed by atoms with E-state index in [1.165, 1.54) is 24.4 Å². The second kappa shape index (κ2) is 11.1. The number of nitrogens with one attached hydrogen (secondary N) is 1. The molecule has 7 heteroatoms. The molecule has 2 aromatic carbocycles. The summed E-state index contributed by atoms with van der Waals surface area (Å²) in [5, 5.41) is 2.89. The molecule has 0 aliphatic carbocycles. The van der Waals surface area contributed by atoms with E-state index in [0.29, 0.717) is 17.9 Å². The van der Waals surface area contributed by atoms with Crippen molar-refractivity contribution in [2.24, 2.45) is 0 Å². The second-order valence-electron chi connectivity index (χ2n) is 7.28. The van der Waals surface area contributed by atoms with Crippen LogP contribution in [0, 0.1) is 5.82 Å². The number of ether oxygens (including phenoxy) is 2. The van der Waals surface area contributed by atoms with Gasteiger partial charge in [-0.05, 0) is 56.1 Å². The van der Waals surface area contributed by atoms with Crippen molar-refractivity contribution in [3.8, 4) is 17.2 Å². The lowest BCUT2D eigenvalue weighted by Crippen LogP contribution is -2.33. The van der Waals surface area contributed by atoms with Gasteiger partial charge >= 0.3 is 0 Å². The number of benzene rings is 2. The standard InChI is InChI=1S/C25H26FN3O3/c1-29(2)22(20-8-4-5-9-23(20)31-3)17-28-25(30)13-11-18-10-12-24(21(26)15-18)32-19-7-6-14-27-16-19/h4-16,22H,17H2,1-3H3,(H,28,30)/b13-11+. The maximum atomic E-state index is 14.4. The number of methoxy groups -OCH3 is 1. The average Bonchev–Trinajstić information content (AvgIpc) is 2.80. The molecule has 0 aliphatic rings. The van der Waals surface area contributed by atoms with Crippen LogP contribution in [0.3, 0.4) is 0 Å². The number of para-hydroxylation sites is 1. The Morgan fingerprint density at radius 1 is 1.16 bits per heavy atom. The van der Waals surface area contributed by atoms with Gasteiger partial charge in [0.1, 0.15) is 11.5 Å². The molecule has 3 aromatic rings. The van der Waals surface area contributed by atoms with Crippen LogP contribution in [0.2, 0.25) is 0 Å². The van der Waals surface area contributed by atoms with Gasteiger partial charge in [-0.2, -0.15) is 0 Å². The third-order valence-electron chi connectivity index (χ3n) is 4.84. The van der Waals surface area contributed by atoms with Crippen LogP contribution in [0.25, 0.3) is 6.08 Å². The molecule has 1 atom stereocenters. The van der Waals surface area contributed by atoms with Gasteiger partial charge in [0.2, 0.25) is 5.91 Å². The number of aromatic nitrogens is 1. The van der Waals surface area contributed by atoms with E-state index in [1.54, 1.807) is 37.6 Å². The molecule has 1 unspecified atom stereocenters. The second-order valence-corrected chi connectivity index (χ2v) is 7.28. The van der Waals surface area contributed by atoms with Gasteiger partial charge in [-0.3, -0.25) is 9.78 Å². The van der Waals surface area contributed by atoms with E-state index in [1.807, 2.05) is 43.3 Å². The number of hydrogen-bond donors (Lipinski definition) is 1. The van der Waals surface area contributed by atoms with Gasteiger partial charge in [0, 0.05) is 24.4 Å². The molecule has 32 heavy (non-hydrogen) atoms. The molecule has 0 radical (unpaired) electrons. The lowest BCUT2D eigenvalue weighted by molar-refractivity contribution is -0.116. The van der Waals surface area contributed by atoms with Crippen molar-refractivity contribution < 1.29 is 18.7 Å². The van der Waals surface area contributed by atoms with Crippen LogP contribution in [0.5, 0.6) is 17.2 Å². The zero-order valence-corrected chi connectivity index (χ0v) is 18.3. The summed E-state index contributed by atoms with van der Waals surface area (Å²) >= 11 is 0. The fourth-order valence-corrected chi connectivity index (χ4v) is 3.18. The minimum atomic E-state index is -0.528. The van der Waals surface area contributed by atoms with E-state index < -0.39 is 5.82 Å². The van der Waals surface area contributed by atoms with Gasteiger partial charge in [-0.1, -0.05) is 24.3 Å². The first kappa shape index (κ1) is 23.0. The first-order valence-corrected chi connectivity index (χ1v) is 10.1. The molecule has 1 amide bonds. The Morgan fingerprint density at radius 3 is 2.66 bits per heavy atom. The summed E-state index contributed by atoms with van der Waals surface area (Å²) in [5.74, 6) is 0.493. The van der Waals surface area contributed by atoms with Crippen LogP contribution in [0.4, 0.5) is 4.39 Å². The fraction of sp³-hybridized carbons (Fsp3) is 0.200. The predicted octanol–water partition coefficient (Wildman–Crippen LogP) is 4.45. The number of carbonyl (C=O) groups is 1. The summed E-state index contributed by atoms with van der Waals surface area (Å²) in [6.07, 6.45) is 6.05. The largest absolute Gasteiger partial charge is 0.496 e. The average molecular weight is 435 g/mol. The highest BCUT2D eigenvalue weighted by atomic mass is 19.1. The van der Waals surface area contributed by atoms with Crippen molar-refractivity contribution in [1.82, 2.24) is 15.2 Å². The van der Waals surface area contributed by atoms with Gasteiger partial charge in [0.25, 0.3) is 0 Å². The molecule has 3 rings (SSSR count). The van der Waals surface area contributed by atoms with Crippen LogP contribution < -0.4 is 14.8 Å². The molecule has 0 aliphatic heterocycles. The first-order valence-electron chi connectivity index (χ1n) is 10.1. The van der Waals surface area contributed by atoms with Gasteiger partial charge in [-0.15, -0.1) is 0 Å². The minimum Gasteiger partial charge on any atom is -0.496 e. The molecule has 0 bridgehead atoms. The zero-order valence-electron chi connectivity index (χ0n) is 18.3. The highest BCUT2D eigenvalue weighted by Crippen LogP contribution is 2.27. The number of likely N-dealkylation sites (N-methyl/N-ethyl adjacent to an activating group) is 1. The lowest BCUT2D eigenvalue weighted by Gasteiger charge is -2.26. The van der Waals surface area contributed by atoms with Crippen LogP contribution >= 0.6 is 0 Å². The highest BCUT2D eigenvalue weighted by molar-refractivity contribution is 5.91. The van der Waals surface area contributed by atoms with Gasteiger partial charge in [0.15, 0.2) is 11.6 Å². The quantitative estimate of drug-likeness (QED) is 0.503. The number of hydrogen-bond acceptors (Lipinski definition) is 5. The third kappa shape index (κ3) is 6.15. The molecule has 0 fully saturated rings. The van der Waals surface area contributed by atoms with Crippen LogP contribution in [0.15, 0.2) is 73.1 Å². The third-order valence-corrected chi connectivity index (χ3v) is 4.84. The first-order chi connectivity index (χ1) is 15.5. The van der Waals surface area contributed by atoms with Crippen molar-refractivity contribution in [2.45, 2.75) is 6.04 Å². The molecule has 6 nitrogen and oxygen atoms in total. The monoisotopic (exact) mass is 435 g/mol. The molecule has 0 spiro atoms. The van der Waals surface area contributed by atoms with Gasteiger partial charge in [0.05, 0.1) is 19.3 Å². The lowest BCUT2D eigenvalue weighted by atomic mass is 10.0. The number of amides is 1. The number of pyridine rings is 1. The SMILES string of the molecule is COc1ccccc1C(CNC(=O)/C=C/c1ccc(Oc2cccnc2)c(F)c1)N(C)C. The summed E-state index contributed by atoms with van der Waals surface area (Å²) in [6.45, 7) is 0.392. The molecule has 1 N–H and O–H groups in total. The van der Waals surface area contributed by atoms with E-state index in [-0.39, 0.29) is 17.7 Å². The summed E-state index contributed by atoms with van der Waals surface area (Å²) < 4.78 is 25.3. The molecule has 1 aromatic heterocycles. The predicted molar refractivity (Wildman–Crippen MR) is 122 cm³/mol. The molecule has 0 saturated heterocycles. The van der Waals surface area contributed by atoms with Crippen LogP contribution in [0.1, 0.15) is 17.2 Å². The van der Waals surface area contributed by atoms with Gasteiger partial charge in [-0.25, -0.2) is 4.39 Å². The van der Waals surface area contributed by atoms with E-state index in [2.05, 4.69) is 10.3 Å². The molecule has 0 saturated carbocycles. The summed E-state index contributed by atoms with van der Waals surface area (Å²) in [4.78, 5) is 18.3. The molecular weight excluding hydrogens is 409 g/mol. The Bertz CT molecular complexity index is 1070. The van der Waals surface area contributed by atoms with Crippen molar-refractivity contribution in [2.75, 3.05) is 27.7 Å². The topological polar surface area (TPSA) is 63.7 Å². The van der Waals surface area contributed by atoms with Crippen LogP contribution in [-0.4, -0.2) is 43.5 Å². The van der Waals surface area contributed by atoms with Gasteiger partial charge < -0.3 is 19.7 Å². The van der Waals surface area contributed by atoms with E-state index in [4.69, 9.17) is 9.47 Å². The number of halogens is 1. The van der Waals surface area contributed by atoms with Crippen molar-refractivity contribution in [1.29, 1.82) is 0 Å². The van der Waals surface area contributed by atoms with E-state index in [0.717, 1.165) is 11.3 Å². The van der Waals surface area contributed by atoms with E-state index >= 15 is 0 Å². The summed E-state index contributed by atoms with van der Waals surface area (Å²) in [5.41, 5.74) is 1.53. The Morgan fingerprint density at radius 2 is 1.97 bits per heavy atom. The minimum absolute atomic E-state index is 0.0650. The van der Waals surface area contributed by atoms with E-state index in [9.17, 15) is 9.18 Å². The summed E-state index contributed by atoms with van der Waals surface area (Å²) in [6, 6.07) is 15.5. The van der Waals surface area contributed by atoms with Crippen molar-refractivity contribution in [3.05, 3.63) is 90.0 Å². The zero-order chi connectivity index (χ0) is 22.9. The fourth-order valence-electron chi connectivity index (χ4n) is 3.18.